The molecule has 4 fully saturated rings. The van der Waals surface area contributed by atoms with E-state index in [2.05, 4.69) is 58.6 Å². The SMILES string of the molecule is C=C1CC2CCC(C)CC=C2CC(C2C3CC(C(O)CC4CCC(CC=C5CCCC(=CC)CC5)C(C(F)(F)F)C4)CCC(C)C32)C=C1C. The van der Waals surface area contributed by atoms with E-state index in [9.17, 15) is 18.3 Å². The van der Waals surface area contributed by atoms with Gasteiger partial charge in [-0.3, -0.25) is 0 Å². The zero-order valence-corrected chi connectivity index (χ0v) is 31.3. The van der Waals surface area contributed by atoms with E-state index in [0.717, 1.165) is 70.1 Å². The van der Waals surface area contributed by atoms with Crippen LogP contribution in [0.15, 0.2) is 58.7 Å². The van der Waals surface area contributed by atoms with Crippen LogP contribution in [0.25, 0.3) is 0 Å². The highest BCUT2D eigenvalue weighted by Gasteiger charge is 2.57. The monoisotopic (exact) mass is 681 g/mol. The molecule has 0 aromatic heterocycles. The number of aliphatic hydroxyl groups is 1. The van der Waals surface area contributed by atoms with Gasteiger partial charge < -0.3 is 5.11 Å². The predicted octanol–water partition coefficient (Wildman–Crippen LogP) is 13.1. The Morgan fingerprint density at radius 3 is 2.49 bits per heavy atom. The maximum atomic E-state index is 14.5. The van der Waals surface area contributed by atoms with Crippen LogP contribution < -0.4 is 0 Å². The third-order valence-corrected chi connectivity index (χ3v) is 14.8. The second-order valence-corrected chi connectivity index (χ2v) is 18.1. The zero-order valence-electron chi connectivity index (χ0n) is 31.3. The van der Waals surface area contributed by atoms with Gasteiger partial charge in [-0.25, -0.2) is 0 Å². The molecule has 1 nitrogen and oxygen atoms in total. The van der Waals surface area contributed by atoms with Crippen molar-refractivity contribution in [3.8, 4) is 0 Å². The van der Waals surface area contributed by atoms with Crippen LogP contribution in [-0.2, 0) is 0 Å². The van der Waals surface area contributed by atoms with Gasteiger partial charge in [0.2, 0.25) is 0 Å². The summed E-state index contributed by atoms with van der Waals surface area (Å²) >= 11 is 0. The minimum Gasteiger partial charge on any atom is -0.393 e. The molecular weight excluding hydrogens is 613 g/mol. The van der Waals surface area contributed by atoms with E-state index in [1.807, 2.05) is 0 Å². The van der Waals surface area contributed by atoms with Crippen molar-refractivity contribution in [1.29, 1.82) is 0 Å². The lowest BCUT2D eigenvalue weighted by molar-refractivity contribution is -0.201. The summed E-state index contributed by atoms with van der Waals surface area (Å²) in [6.07, 6.45) is 22.2. The Kier molecular flexibility index (Phi) is 12.1. The Labute approximate surface area is 297 Å². The molecule has 4 saturated carbocycles. The van der Waals surface area contributed by atoms with Crippen LogP contribution in [0.2, 0.25) is 0 Å². The zero-order chi connectivity index (χ0) is 34.9. The molecule has 1 N–H and O–H groups in total. The van der Waals surface area contributed by atoms with Gasteiger partial charge in [0.1, 0.15) is 0 Å². The number of hydrogen-bond donors (Lipinski definition) is 1. The largest absolute Gasteiger partial charge is 0.393 e. The molecule has 12 atom stereocenters. The summed E-state index contributed by atoms with van der Waals surface area (Å²) in [5, 5.41) is 11.7. The van der Waals surface area contributed by atoms with Crippen LogP contribution >= 0.6 is 0 Å². The summed E-state index contributed by atoms with van der Waals surface area (Å²) in [6.45, 7) is 13.7. The van der Waals surface area contributed by atoms with E-state index in [1.54, 1.807) is 5.57 Å². The second-order valence-electron chi connectivity index (χ2n) is 18.1. The van der Waals surface area contributed by atoms with Gasteiger partial charge in [-0.05, 0) is 176 Å². The Morgan fingerprint density at radius 2 is 1.71 bits per heavy atom. The molecule has 0 bridgehead atoms. The summed E-state index contributed by atoms with van der Waals surface area (Å²) < 4.78 is 43.5. The maximum Gasteiger partial charge on any atom is 0.392 e. The van der Waals surface area contributed by atoms with Crippen molar-refractivity contribution < 1.29 is 18.3 Å². The third-order valence-electron chi connectivity index (χ3n) is 14.8. The van der Waals surface area contributed by atoms with Crippen molar-refractivity contribution >= 4 is 0 Å². The molecule has 6 aliphatic carbocycles. The summed E-state index contributed by atoms with van der Waals surface area (Å²) in [7, 11) is 0. The molecule has 274 valence electrons. The Bertz CT molecular complexity index is 1280. The first kappa shape index (κ1) is 37.2. The molecule has 49 heavy (non-hydrogen) atoms. The number of hydrogen-bond acceptors (Lipinski definition) is 1. The molecular formula is C45H67F3O. The van der Waals surface area contributed by atoms with Crippen LogP contribution in [0.1, 0.15) is 143 Å². The van der Waals surface area contributed by atoms with Gasteiger partial charge in [-0.2, -0.15) is 13.2 Å². The molecule has 0 aromatic rings. The Morgan fingerprint density at radius 1 is 0.939 bits per heavy atom. The average molecular weight is 681 g/mol. The third kappa shape index (κ3) is 9.10. The van der Waals surface area contributed by atoms with Crippen molar-refractivity contribution in [1.82, 2.24) is 0 Å². The minimum absolute atomic E-state index is 0.0316. The van der Waals surface area contributed by atoms with Gasteiger partial charge in [-0.1, -0.05) is 85.4 Å². The van der Waals surface area contributed by atoms with Crippen molar-refractivity contribution in [2.45, 2.75) is 156 Å². The highest BCUT2D eigenvalue weighted by atomic mass is 19.4. The second kappa shape index (κ2) is 16.0. The molecule has 0 aromatic carbocycles. The summed E-state index contributed by atoms with van der Waals surface area (Å²) in [6, 6.07) is 0. The van der Waals surface area contributed by atoms with E-state index < -0.39 is 18.2 Å². The van der Waals surface area contributed by atoms with E-state index in [0.29, 0.717) is 54.8 Å². The van der Waals surface area contributed by atoms with Gasteiger partial charge in [0, 0.05) is 0 Å². The van der Waals surface area contributed by atoms with Crippen molar-refractivity contribution in [2.75, 3.05) is 0 Å². The van der Waals surface area contributed by atoms with Crippen molar-refractivity contribution in [3.05, 3.63) is 58.7 Å². The van der Waals surface area contributed by atoms with Crippen LogP contribution in [0.3, 0.4) is 0 Å². The van der Waals surface area contributed by atoms with E-state index >= 15 is 0 Å². The lowest BCUT2D eigenvalue weighted by atomic mass is 9.69. The number of allylic oxidation sites excluding steroid dienone is 9. The van der Waals surface area contributed by atoms with Gasteiger partial charge >= 0.3 is 6.18 Å². The Balaban J connectivity index is 1.08. The Hall–Kier alpha value is -1.55. The summed E-state index contributed by atoms with van der Waals surface area (Å²) in [4.78, 5) is 0. The van der Waals surface area contributed by atoms with Crippen LogP contribution in [0, 0.1) is 65.1 Å². The van der Waals surface area contributed by atoms with E-state index in [-0.39, 0.29) is 24.2 Å². The van der Waals surface area contributed by atoms with Crippen LogP contribution in [0.4, 0.5) is 13.2 Å². The highest BCUT2D eigenvalue weighted by Crippen LogP contribution is 2.63. The molecule has 0 amide bonds. The average Bonchev–Trinajstić information content (AvgIpc) is 3.86. The number of aliphatic hydroxyl groups excluding tert-OH is 1. The molecule has 12 unspecified atom stereocenters. The molecule has 0 radical (unpaired) electrons. The predicted molar refractivity (Wildman–Crippen MR) is 198 cm³/mol. The quantitative estimate of drug-likeness (QED) is 0.219. The standard InChI is InChI=1S/C45H67F3O/c1-6-32-8-7-9-33(14-13-32)15-20-35-21-16-34(24-41(35)45(46,47)48)25-42(49)38-19-12-29(3)43-40(27-38)44(43)39-23-31(5)30(4)22-36-17-10-28(2)11-18-37(36)26-39/h6,15,18,23,28-29,34-36,38-44,49H,4,7-14,16-17,19-22,24-27H2,1-3,5H3. The molecule has 4 heteroatoms. The van der Waals surface area contributed by atoms with Crippen molar-refractivity contribution in [3.63, 3.8) is 0 Å². The minimum atomic E-state index is -4.17. The van der Waals surface area contributed by atoms with E-state index in [4.69, 9.17) is 0 Å². The summed E-state index contributed by atoms with van der Waals surface area (Å²) in [5.41, 5.74) is 7.23. The molecule has 6 aliphatic rings. The van der Waals surface area contributed by atoms with Gasteiger partial charge in [0.25, 0.3) is 0 Å². The highest BCUT2D eigenvalue weighted by molar-refractivity contribution is 5.33. The molecule has 0 saturated heterocycles. The first-order valence-corrected chi connectivity index (χ1v) is 20.5. The fraction of sp³-hybridized carbons (Fsp3) is 0.778. The maximum absolute atomic E-state index is 14.5. The number of alkyl halides is 3. The van der Waals surface area contributed by atoms with Crippen LogP contribution in [-0.4, -0.2) is 17.4 Å². The molecule has 0 heterocycles. The first-order valence-electron chi connectivity index (χ1n) is 20.5. The first-order chi connectivity index (χ1) is 23.4. The van der Waals surface area contributed by atoms with Crippen LogP contribution in [0.5, 0.6) is 0 Å². The summed E-state index contributed by atoms with van der Waals surface area (Å²) in [5.74, 6) is 3.18. The number of rotatable bonds is 6. The fourth-order valence-electron chi connectivity index (χ4n) is 11.6. The number of halogens is 3. The van der Waals surface area contributed by atoms with E-state index in [1.165, 1.54) is 48.0 Å². The smallest absolute Gasteiger partial charge is 0.392 e. The molecule has 0 spiro atoms. The lowest BCUT2D eigenvalue weighted by Gasteiger charge is -2.38. The normalized spacial score (nSPS) is 41.6. The fourth-order valence-corrected chi connectivity index (χ4v) is 11.6. The van der Waals surface area contributed by atoms with Gasteiger partial charge in [0.05, 0.1) is 12.0 Å². The topological polar surface area (TPSA) is 20.2 Å². The van der Waals surface area contributed by atoms with Crippen molar-refractivity contribution in [2.24, 2.45) is 65.1 Å². The number of fused-ring (bicyclic) bond motifs is 2. The lowest BCUT2D eigenvalue weighted by Crippen LogP contribution is -2.37. The van der Waals surface area contributed by atoms with Gasteiger partial charge in [-0.15, -0.1) is 0 Å². The van der Waals surface area contributed by atoms with Gasteiger partial charge in [0.15, 0.2) is 0 Å². The molecule has 0 aliphatic heterocycles. The molecule has 6 rings (SSSR count).